The number of carbonyl (C=O) groups is 2. The SMILES string of the molecule is C[C@@H](C(=O)N1CCNC1=O)[NH+]1CC[NH+](CCOc2ccc(Cl)cc2)CC1. The molecule has 2 heterocycles. The molecule has 0 spiro atoms. The third-order valence-electron chi connectivity index (χ3n) is 5.24. The Balaban J connectivity index is 1.39. The number of nitrogens with one attached hydrogen (secondary N) is 3. The van der Waals surface area contributed by atoms with E-state index in [1.165, 1.54) is 14.7 Å². The lowest BCUT2D eigenvalue weighted by Crippen LogP contribution is -3.30. The summed E-state index contributed by atoms with van der Waals surface area (Å²) in [4.78, 5) is 28.3. The van der Waals surface area contributed by atoms with E-state index in [0.29, 0.717) is 24.7 Å². The van der Waals surface area contributed by atoms with Crippen LogP contribution in [0.4, 0.5) is 4.79 Å². The number of ether oxygens (including phenoxy) is 1. The van der Waals surface area contributed by atoms with E-state index >= 15 is 0 Å². The lowest BCUT2D eigenvalue weighted by Gasteiger charge is -2.33. The summed E-state index contributed by atoms with van der Waals surface area (Å²) >= 11 is 5.87. The summed E-state index contributed by atoms with van der Waals surface area (Å²) in [6, 6.07) is 6.97. The Kier molecular flexibility index (Phi) is 6.34. The minimum atomic E-state index is -0.259. The van der Waals surface area contributed by atoms with E-state index in [0.717, 1.165) is 38.5 Å². The van der Waals surface area contributed by atoms with E-state index in [2.05, 4.69) is 5.32 Å². The van der Waals surface area contributed by atoms with Gasteiger partial charge in [-0.2, -0.15) is 0 Å². The third-order valence-corrected chi connectivity index (χ3v) is 5.49. The molecule has 1 aromatic carbocycles. The van der Waals surface area contributed by atoms with Crippen molar-refractivity contribution in [2.45, 2.75) is 13.0 Å². The Morgan fingerprint density at radius 3 is 2.58 bits per heavy atom. The van der Waals surface area contributed by atoms with Crippen LogP contribution in [0, 0.1) is 0 Å². The molecule has 2 fully saturated rings. The largest absolute Gasteiger partial charge is 0.488 e. The van der Waals surface area contributed by atoms with Crippen LogP contribution in [0.2, 0.25) is 5.02 Å². The topological polar surface area (TPSA) is 67.5 Å². The lowest BCUT2D eigenvalue weighted by molar-refractivity contribution is -1.02. The minimum absolute atomic E-state index is 0.0653. The highest BCUT2D eigenvalue weighted by molar-refractivity contribution is 6.30. The fourth-order valence-corrected chi connectivity index (χ4v) is 3.67. The number of quaternary nitrogens is 2. The number of halogens is 1. The molecule has 2 saturated heterocycles. The van der Waals surface area contributed by atoms with Gasteiger partial charge in [-0.25, -0.2) is 4.79 Å². The second-order valence-electron chi connectivity index (χ2n) is 6.90. The number of carbonyl (C=O) groups excluding carboxylic acids is 2. The quantitative estimate of drug-likeness (QED) is 0.557. The number of urea groups is 1. The molecule has 0 bridgehead atoms. The monoisotopic (exact) mass is 382 g/mol. The fourth-order valence-electron chi connectivity index (χ4n) is 3.54. The van der Waals surface area contributed by atoms with Crippen LogP contribution in [0.25, 0.3) is 0 Å². The molecule has 26 heavy (non-hydrogen) atoms. The maximum atomic E-state index is 12.5. The second kappa shape index (κ2) is 8.70. The summed E-state index contributed by atoms with van der Waals surface area (Å²) in [5.41, 5.74) is 0. The first-order valence-electron chi connectivity index (χ1n) is 9.20. The summed E-state index contributed by atoms with van der Waals surface area (Å²) in [7, 11) is 0. The molecule has 0 aromatic heterocycles. The number of hydrogen-bond donors (Lipinski definition) is 3. The van der Waals surface area contributed by atoms with E-state index in [-0.39, 0.29) is 18.0 Å². The maximum absolute atomic E-state index is 12.5. The van der Waals surface area contributed by atoms with Gasteiger partial charge in [0.25, 0.3) is 5.91 Å². The highest BCUT2D eigenvalue weighted by atomic mass is 35.5. The highest BCUT2D eigenvalue weighted by Crippen LogP contribution is 2.14. The van der Waals surface area contributed by atoms with Gasteiger partial charge in [-0.15, -0.1) is 0 Å². The maximum Gasteiger partial charge on any atom is 0.324 e. The normalized spacial score (nSPS) is 24.2. The van der Waals surface area contributed by atoms with Gasteiger partial charge in [-0.3, -0.25) is 9.69 Å². The van der Waals surface area contributed by atoms with Crippen molar-refractivity contribution in [1.82, 2.24) is 10.2 Å². The van der Waals surface area contributed by atoms with Crippen LogP contribution in [0.15, 0.2) is 24.3 Å². The standard InChI is InChI=1S/C18H25ClN4O3/c1-14(17(24)23-7-6-20-18(23)25)22-10-8-21(9-11-22)12-13-26-16-4-2-15(19)3-5-16/h2-5,14H,6-13H2,1H3,(H,20,25)/p+2/t14-/m0/s1. The van der Waals surface area contributed by atoms with Crippen LogP contribution >= 0.6 is 11.6 Å². The predicted molar refractivity (Wildman–Crippen MR) is 97.8 cm³/mol. The molecular formula is C18H27ClN4O3+2. The molecule has 7 nitrogen and oxygen atoms in total. The van der Waals surface area contributed by atoms with Crippen molar-refractivity contribution in [2.24, 2.45) is 0 Å². The summed E-state index contributed by atoms with van der Waals surface area (Å²) < 4.78 is 5.76. The molecule has 0 saturated carbocycles. The number of amides is 3. The van der Waals surface area contributed by atoms with E-state index in [9.17, 15) is 9.59 Å². The summed E-state index contributed by atoms with van der Waals surface area (Å²) in [6.45, 7) is 8.43. The summed E-state index contributed by atoms with van der Waals surface area (Å²) in [5, 5.41) is 3.39. The third kappa shape index (κ3) is 4.66. The van der Waals surface area contributed by atoms with Crippen molar-refractivity contribution in [1.29, 1.82) is 0 Å². The van der Waals surface area contributed by atoms with E-state index < -0.39 is 0 Å². The van der Waals surface area contributed by atoms with Gasteiger partial charge >= 0.3 is 6.03 Å². The Bertz CT molecular complexity index is 632. The van der Waals surface area contributed by atoms with Gasteiger partial charge in [0.05, 0.1) is 0 Å². The smallest absolute Gasteiger partial charge is 0.324 e. The van der Waals surface area contributed by atoms with Crippen LogP contribution in [-0.4, -0.2) is 75.3 Å². The molecule has 1 aromatic rings. The average Bonchev–Trinajstić information content (AvgIpc) is 3.09. The Morgan fingerprint density at radius 2 is 1.96 bits per heavy atom. The first-order valence-corrected chi connectivity index (χ1v) is 9.58. The van der Waals surface area contributed by atoms with Crippen LogP contribution < -0.4 is 19.9 Å². The predicted octanol–water partition coefficient (Wildman–Crippen LogP) is -1.56. The molecule has 0 aliphatic carbocycles. The fraction of sp³-hybridized carbons (Fsp3) is 0.556. The van der Waals surface area contributed by atoms with Gasteiger partial charge in [0, 0.05) is 18.1 Å². The second-order valence-corrected chi connectivity index (χ2v) is 7.34. The van der Waals surface area contributed by atoms with Gasteiger partial charge < -0.3 is 19.9 Å². The highest BCUT2D eigenvalue weighted by Gasteiger charge is 2.37. The van der Waals surface area contributed by atoms with Crippen molar-refractivity contribution in [3.63, 3.8) is 0 Å². The van der Waals surface area contributed by atoms with E-state index in [4.69, 9.17) is 16.3 Å². The Morgan fingerprint density at radius 1 is 1.27 bits per heavy atom. The molecule has 142 valence electrons. The zero-order valence-electron chi connectivity index (χ0n) is 15.1. The van der Waals surface area contributed by atoms with Crippen LogP contribution in [0.1, 0.15) is 6.92 Å². The van der Waals surface area contributed by atoms with Crippen molar-refractivity contribution in [3.05, 3.63) is 29.3 Å². The average molecular weight is 383 g/mol. The molecule has 0 unspecified atom stereocenters. The minimum Gasteiger partial charge on any atom is -0.488 e. The van der Waals surface area contributed by atoms with Crippen molar-refractivity contribution in [3.8, 4) is 5.75 Å². The zero-order valence-corrected chi connectivity index (χ0v) is 15.8. The van der Waals surface area contributed by atoms with Crippen molar-refractivity contribution < 1.29 is 24.1 Å². The van der Waals surface area contributed by atoms with Gasteiger partial charge in [-0.1, -0.05) is 11.6 Å². The molecular weight excluding hydrogens is 356 g/mol. The molecule has 3 N–H and O–H groups in total. The Labute approximate surface area is 158 Å². The Hall–Kier alpha value is -1.83. The number of nitrogens with zero attached hydrogens (tertiary/aromatic N) is 1. The number of rotatable bonds is 6. The van der Waals surface area contributed by atoms with Gasteiger partial charge in [-0.05, 0) is 31.2 Å². The molecule has 3 amide bonds. The molecule has 2 aliphatic heterocycles. The molecule has 0 radical (unpaired) electrons. The zero-order chi connectivity index (χ0) is 18.5. The number of hydrogen-bond acceptors (Lipinski definition) is 3. The molecule has 2 aliphatic rings. The van der Waals surface area contributed by atoms with E-state index in [1.54, 1.807) is 0 Å². The van der Waals surface area contributed by atoms with Crippen molar-refractivity contribution in [2.75, 3.05) is 52.4 Å². The number of piperazine rings is 1. The first kappa shape index (κ1) is 18.9. The van der Waals surface area contributed by atoms with Crippen LogP contribution in [0.3, 0.4) is 0 Å². The van der Waals surface area contributed by atoms with Crippen LogP contribution in [-0.2, 0) is 4.79 Å². The molecule has 1 atom stereocenters. The van der Waals surface area contributed by atoms with Crippen molar-refractivity contribution >= 4 is 23.5 Å². The number of imide groups is 1. The van der Waals surface area contributed by atoms with Gasteiger partial charge in [0.2, 0.25) is 0 Å². The van der Waals surface area contributed by atoms with E-state index in [1.807, 2.05) is 31.2 Å². The van der Waals surface area contributed by atoms with Crippen LogP contribution in [0.5, 0.6) is 5.75 Å². The first-order chi connectivity index (χ1) is 12.5. The summed E-state index contributed by atoms with van der Waals surface area (Å²) in [6.07, 6.45) is 0. The van der Waals surface area contributed by atoms with Gasteiger partial charge in [0.1, 0.15) is 45.1 Å². The number of benzene rings is 1. The van der Waals surface area contributed by atoms with Gasteiger partial charge in [0.15, 0.2) is 6.04 Å². The lowest BCUT2D eigenvalue weighted by atomic mass is 10.2. The molecule has 8 heteroatoms. The molecule has 3 rings (SSSR count). The summed E-state index contributed by atoms with van der Waals surface area (Å²) in [5.74, 6) is 0.769.